The topological polar surface area (TPSA) is 39.3 Å². The summed E-state index contributed by atoms with van der Waals surface area (Å²) in [5.41, 5.74) is 0.136. The van der Waals surface area contributed by atoms with E-state index in [1.807, 2.05) is 0 Å². The van der Waals surface area contributed by atoms with Gasteiger partial charge in [0, 0.05) is 37.8 Å². The van der Waals surface area contributed by atoms with E-state index >= 15 is 0 Å². The minimum atomic E-state index is 0.136. The van der Waals surface area contributed by atoms with Crippen molar-refractivity contribution < 1.29 is 0 Å². The van der Waals surface area contributed by atoms with Gasteiger partial charge in [-0.05, 0) is 34.1 Å². The van der Waals surface area contributed by atoms with E-state index in [0.29, 0.717) is 24.3 Å². The number of nitrogens with zero attached hydrogens (tertiary/aromatic N) is 1. The van der Waals surface area contributed by atoms with Gasteiger partial charge >= 0.3 is 0 Å². The summed E-state index contributed by atoms with van der Waals surface area (Å²) in [7, 11) is 0. The summed E-state index contributed by atoms with van der Waals surface area (Å²) in [6, 6.07) is 1.69. The van der Waals surface area contributed by atoms with E-state index < -0.39 is 0 Å². The lowest BCUT2D eigenvalue weighted by Gasteiger charge is -2.33. The van der Waals surface area contributed by atoms with E-state index in [4.69, 9.17) is 0 Å². The van der Waals surface area contributed by atoms with Crippen LogP contribution in [0.4, 0.5) is 0 Å². The maximum absolute atomic E-state index is 3.83. The summed E-state index contributed by atoms with van der Waals surface area (Å²) >= 11 is 0. The molecule has 0 amide bonds. The van der Waals surface area contributed by atoms with E-state index in [1.165, 1.54) is 6.42 Å². The molecule has 0 saturated carbocycles. The quantitative estimate of drug-likeness (QED) is 0.635. The molecule has 0 bridgehead atoms. The van der Waals surface area contributed by atoms with Gasteiger partial charge in [0.25, 0.3) is 0 Å². The van der Waals surface area contributed by atoms with Gasteiger partial charge in [0.15, 0.2) is 0 Å². The summed E-state index contributed by atoms with van der Waals surface area (Å²) in [5.74, 6) is 0. The molecule has 1 aliphatic heterocycles. The third-order valence-electron chi connectivity index (χ3n) is 4.41. The van der Waals surface area contributed by atoms with Crippen LogP contribution in [0.5, 0.6) is 0 Å². The maximum atomic E-state index is 3.83. The highest BCUT2D eigenvalue weighted by atomic mass is 15.4. The number of rotatable bonds is 8. The van der Waals surface area contributed by atoms with E-state index in [9.17, 15) is 0 Å². The van der Waals surface area contributed by atoms with Gasteiger partial charge in [-0.2, -0.15) is 0 Å². The Morgan fingerprint density at radius 3 is 2.20 bits per heavy atom. The Labute approximate surface area is 126 Å². The molecule has 4 heteroatoms. The Balaban J connectivity index is 2.70. The molecule has 120 valence electrons. The van der Waals surface area contributed by atoms with Crippen molar-refractivity contribution in [2.45, 2.75) is 84.7 Å². The van der Waals surface area contributed by atoms with Crippen molar-refractivity contribution >= 4 is 0 Å². The van der Waals surface area contributed by atoms with Crippen LogP contribution in [0, 0.1) is 0 Å². The fourth-order valence-electron chi connectivity index (χ4n) is 2.88. The first-order chi connectivity index (χ1) is 9.29. The van der Waals surface area contributed by atoms with Crippen molar-refractivity contribution in [3.8, 4) is 0 Å². The molecule has 20 heavy (non-hydrogen) atoms. The minimum Gasteiger partial charge on any atom is -0.313 e. The number of hydrogen-bond acceptors (Lipinski definition) is 4. The van der Waals surface area contributed by atoms with Crippen molar-refractivity contribution in [3.05, 3.63) is 0 Å². The summed E-state index contributed by atoms with van der Waals surface area (Å²) in [5, 5.41) is 11.1. The van der Waals surface area contributed by atoms with E-state index in [-0.39, 0.29) is 5.54 Å². The van der Waals surface area contributed by atoms with Crippen LogP contribution in [-0.4, -0.2) is 54.4 Å². The Morgan fingerprint density at radius 2 is 1.75 bits per heavy atom. The predicted molar refractivity (Wildman–Crippen MR) is 88.1 cm³/mol. The smallest absolute Gasteiger partial charge is 0.0576 e. The van der Waals surface area contributed by atoms with Crippen LogP contribution >= 0.6 is 0 Å². The minimum absolute atomic E-state index is 0.136. The van der Waals surface area contributed by atoms with Crippen molar-refractivity contribution in [2.24, 2.45) is 0 Å². The molecule has 1 fully saturated rings. The fourth-order valence-corrected chi connectivity index (χ4v) is 2.88. The number of nitrogens with one attached hydrogen (secondary N) is 3. The van der Waals surface area contributed by atoms with E-state index in [1.54, 1.807) is 0 Å². The Hall–Kier alpha value is -0.160. The number of hydrogen-bond donors (Lipinski definition) is 3. The Bertz CT molecular complexity index is 280. The van der Waals surface area contributed by atoms with Crippen molar-refractivity contribution in [1.29, 1.82) is 0 Å². The maximum Gasteiger partial charge on any atom is 0.0576 e. The standard InChI is InChI=1S/C16H36N4/c1-8-14(6)18-10-16(9-17-12(2)3)11-20(13(4)5)15(7)19-16/h12-15,17-19H,8-11H2,1-7H3. The van der Waals surface area contributed by atoms with Crippen molar-refractivity contribution in [2.75, 3.05) is 19.6 Å². The van der Waals surface area contributed by atoms with Gasteiger partial charge in [0.2, 0.25) is 0 Å². The second-order valence-corrected chi connectivity index (χ2v) is 7.09. The largest absolute Gasteiger partial charge is 0.313 e. The highest BCUT2D eigenvalue weighted by molar-refractivity contribution is 5.03. The van der Waals surface area contributed by atoms with Gasteiger partial charge in [0.1, 0.15) is 0 Å². The first-order valence-electron chi connectivity index (χ1n) is 8.30. The zero-order chi connectivity index (χ0) is 15.3. The van der Waals surface area contributed by atoms with Gasteiger partial charge in [-0.15, -0.1) is 0 Å². The third kappa shape index (κ3) is 4.99. The molecular weight excluding hydrogens is 248 g/mol. The summed E-state index contributed by atoms with van der Waals surface area (Å²) in [6.45, 7) is 18.9. The van der Waals surface area contributed by atoms with Crippen LogP contribution in [0.1, 0.15) is 54.9 Å². The highest BCUT2D eigenvalue weighted by Gasteiger charge is 2.42. The summed E-state index contributed by atoms with van der Waals surface area (Å²) in [4.78, 5) is 2.56. The van der Waals surface area contributed by atoms with Crippen LogP contribution in [-0.2, 0) is 0 Å². The second-order valence-electron chi connectivity index (χ2n) is 7.09. The molecule has 3 atom stereocenters. The zero-order valence-electron chi connectivity index (χ0n) is 14.6. The molecule has 4 nitrogen and oxygen atoms in total. The fraction of sp³-hybridized carbons (Fsp3) is 1.00. The molecule has 3 unspecified atom stereocenters. The Kier molecular flexibility index (Phi) is 6.92. The SMILES string of the molecule is CCC(C)NCC1(CNC(C)C)CN(C(C)C)C(C)N1. The van der Waals surface area contributed by atoms with E-state index in [2.05, 4.69) is 69.3 Å². The van der Waals surface area contributed by atoms with Gasteiger partial charge in [-0.25, -0.2) is 0 Å². The lowest BCUT2D eigenvalue weighted by molar-refractivity contribution is 0.202. The van der Waals surface area contributed by atoms with Crippen LogP contribution in [0.2, 0.25) is 0 Å². The molecule has 0 spiro atoms. The molecular formula is C16H36N4. The predicted octanol–water partition coefficient (Wildman–Crippen LogP) is 1.77. The molecule has 1 heterocycles. The molecule has 0 aliphatic carbocycles. The van der Waals surface area contributed by atoms with Crippen LogP contribution < -0.4 is 16.0 Å². The zero-order valence-corrected chi connectivity index (χ0v) is 14.6. The lowest BCUT2D eigenvalue weighted by Crippen LogP contribution is -2.59. The van der Waals surface area contributed by atoms with Crippen molar-refractivity contribution in [1.82, 2.24) is 20.9 Å². The van der Waals surface area contributed by atoms with Gasteiger partial charge < -0.3 is 10.6 Å². The summed E-state index contributed by atoms with van der Waals surface area (Å²) in [6.07, 6.45) is 1.62. The molecule has 1 saturated heterocycles. The molecule has 0 aromatic carbocycles. The molecule has 0 aromatic heterocycles. The van der Waals surface area contributed by atoms with Gasteiger partial charge in [0.05, 0.1) is 11.7 Å². The van der Waals surface area contributed by atoms with Gasteiger partial charge in [-0.3, -0.25) is 10.2 Å². The molecule has 0 aromatic rings. The summed E-state index contributed by atoms with van der Waals surface area (Å²) < 4.78 is 0. The molecule has 0 radical (unpaired) electrons. The molecule has 1 rings (SSSR count). The monoisotopic (exact) mass is 284 g/mol. The highest BCUT2D eigenvalue weighted by Crippen LogP contribution is 2.21. The Morgan fingerprint density at radius 1 is 1.15 bits per heavy atom. The first-order valence-corrected chi connectivity index (χ1v) is 8.30. The first kappa shape index (κ1) is 17.9. The van der Waals surface area contributed by atoms with Crippen LogP contribution in [0.3, 0.4) is 0 Å². The van der Waals surface area contributed by atoms with Crippen LogP contribution in [0.15, 0.2) is 0 Å². The second kappa shape index (κ2) is 7.74. The normalized spacial score (nSPS) is 29.6. The van der Waals surface area contributed by atoms with E-state index in [0.717, 1.165) is 19.6 Å². The third-order valence-corrected chi connectivity index (χ3v) is 4.41. The average molecular weight is 284 g/mol. The molecule has 3 N–H and O–H groups in total. The lowest BCUT2D eigenvalue weighted by atomic mass is 9.99. The van der Waals surface area contributed by atoms with Crippen molar-refractivity contribution in [3.63, 3.8) is 0 Å². The molecule has 1 aliphatic rings. The van der Waals surface area contributed by atoms with Gasteiger partial charge in [-0.1, -0.05) is 20.8 Å². The average Bonchev–Trinajstić information content (AvgIpc) is 2.72. The van der Waals surface area contributed by atoms with Crippen LogP contribution in [0.25, 0.3) is 0 Å².